The maximum atomic E-state index is 6.44. The summed E-state index contributed by atoms with van der Waals surface area (Å²) in [7, 11) is 0. The van der Waals surface area contributed by atoms with Crippen molar-refractivity contribution in [3.05, 3.63) is 53.9 Å². The van der Waals surface area contributed by atoms with E-state index in [1.807, 2.05) is 25.4 Å². The number of ether oxygens (including phenoxy) is 1. The predicted octanol–water partition coefficient (Wildman–Crippen LogP) is 3.74. The van der Waals surface area contributed by atoms with E-state index in [-0.39, 0.29) is 5.60 Å². The first-order valence-electron chi connectivity index (χ1n) is 9.51. The van der Waals surface area contributed by atoms with Gasteiger partial charge in [-0.15, -0.1) is 0 Å². The fraction of sp³-hybridized carbons (Fsp3) is 0.429. The highest BCUT2D eigenvalue weighted by Crippen LogP contribution is 2.37. The normalized spacial score (nSPS) is 22.5. The molecule has 1 atom stereocenters. The van der Waals surface area contributed by atoms with Crippen molar-refractivity contribution in [1.82, 2.24) is 14.9 Å². The molecule has 0 unspecified atom stereocenters. The van der Waals surface area contributed by atoms with Gasteiger partial charge < -0.3 is 10.1 Å². The maximum absolute atomic E-state index is 6.44. The molecule has 2 aliphatic heterocycles. The Labute approximate surface area is 155 Å². The molecule has 0 saturated carbocycles. The molecule has 0 amide bonds. The Hall–Kier alpha value is -2.40. The second-order valence-corrected chi connectivity index (χ2v) is 7.11. The van der Waals surface area contributed by atoms with Crippen LogP contribution in [-0.4, -0.2) is 40.1 Å². The number of hydrogen-bond donors (Lipinski definition) is 1. The lowest BCUT2D eigenvalue weighted by atomic mass is 9.91. The van der Waals surface area contributed by atoms with Crippen LogP contribution in [0.25, 0.3) is 6.08 Å². The molecule has 0 radical (unpaired) electrons. The fourth-order valence-corrected chi connectivity index (χ4v) is 3.76. The largest absolute Gasteiger partial charge is 0.483 e. The van der Waals surface area contributed by atoms with Crippen LogP contribution in [0.4, 0.5) is 5.95 Å². The lowest BCUT2D eigenvalue weighted by molar-refractivity contribution is 0.0990. The minimum atomic E-state index is -0.158. The zero-order chi connectivity index (χ0) is 17.8. The lowest BCUT2D eigenvalue weighted by Crippen LogP contribution is -2.36. The molecule has 3 heterocycles. The zero-order valence-corrected chi connectivity index (χ0v) is 15.3. The number of anilines is 1. The van der Waals surface area contributed by atoms with E-state index in [1.54, 1.807) is 0 Å². The monoisotopic (exact) mass is 350 g/mol. The SMILES string of the molecule is CCNc1ncc(CN2CCC[C@@]3(C=Cc4ccccc4O3)CC2)cn1. The van der Waals surface area contributed by atoms with Crippen molar-refractivity contribution in [1.29, 1.82) is 0 Å². The Bertz CT molecular complexity index is 774. The number of nitrogens with one attached hydrogen (secondary N) is 1. The predicted molar refractivity (Wildman–Crippen MR) is 104 cm³/mol. The summed E-state index contributed by atoms with van der Waals surface area (Å²) in [5, 5.41) is 3.14. The van der Waals surface area contributed by atoms with E-state index in [4.69, 9.17) is 4.74 Å². The van der Waals surface area contributed by atoms with Crippen LogP contribution < -0.4 is 10.1 Å². The summed E-state index contributed by atoms with van der Waals surface area (Å²) in [6.07, 6.45) is 11.5. The second-order valence-electron chi connectivity index (χ2n) is 7.11. The van der Waals surface area contributed by atoms with Crippen molar-refractivity contribution in [2.24, 2.45) is 0 Å². The molecule has 1 aromatic heterocycles. The molecule has 1 spiro atoms. The molecule has 26 heavy (non-hydrogen) atoms. The Morgan fingerprint density at radius 2 is 2.00 bits per heavy atom. The zero-order valence-electron chi connectivity index (χ0n) is 15.3. The first-order chi connectivity index (χ1) is 12.8. The van der Waals surface area contributed by atoms with Gasteiger partial charge in [0, 0.05) is 49.6 Å². The van der Waals surface area contributed by atoms with Gasteiger partial charge in [-0.2, -0.15) is 0 Å². The number of benzene rings is 1. The summed E-state index contributed by atoms with van der Waals surface area (Å²) in [5.74, 6) is 1.71. The van der Waals surface area contributed by atoms with Crippen molar-refractivity contribution in [3.8, 4) is 5.75 Å². The highest BCUT2D eigenvalue weighted by Gasteiger charge is 2.34. The summed E-state index contributed by atoms with van der Waals surface area (Å²) < 4.78 is 6.44. The van der Waals surface area contributed by atoms with Crippen molar-refractivity contribution in [3.63, 3.8) is 0 Å². The summed E-state index contributed by atoms with van der Waals surface area (Å²) in [6.45, 7) is 5.87. The van der Waals surface area contributed by atoms with Crippen LogP contribution in [0.3, 0.4) is 0 Å². The van der Waals surface area contributed by atoms with Gasteiger partial charge >= 0.3 is 0 Å². The minimum Gasteiger partial charge on any atom is -0.483 e. The third-order valence-electron chi connectivity index (χ3n) is 5.17. The van der Waals surface area contributed by atoms with Crippen molar-refractivity contribution in [2.45, 2.75) is 38.3 Å². The van der Waals surface area contributed by atoms with Gasteiger partial charge in [-0.25, -0.2) is 9.97 Å². The van der Waals surface area contributed by atoms with E-state index in [0.29, 0.717) is 5.95 Å². The van der Waals surface area contributed by atoms with Gasteiger partial charge in [0.1, 0.15) is 11.4 Å². The molecule has 1 N–H and O–H groups in total. The average molecular weight is 350 g/mol. The Morgan fingerprint density at radius 3 is 2.85 bits per heavy atom. The van der Waals surface area contributed by atoms with E-state index in [9.17, 15) is 0 Å². The van der Waals surface area contributed by atoms with E-state index in [0.717, 1.165) is 56.8 Å². The minimum absolute atomic E-state index is 0.158. The van der Waals surface area contributed by atoms with Gasteiger partial charge in [0.05, 0.1) is 0 Å². The number of likely N-dealkylation sites (tertiary alicyclic amines) is 1. The van der Waals surface area contributed by atoms with Gasteiger partial charge in [0.25, 0.3) is 0 Å². The Balaban J connectivity index is 1.39. The van der Waals surface area contributed by atoms with Crippen LogP contribution in [0, 0.1) is 0 Å². The van der Waals surface area contributed by atoms with E-state index < -0.39 is 0 Å². The highest BCUT2D eigenvalue weighted by atomic mass is 16.5. The Morgan fingerprint density at radius 1 is 1.15 bits per heavy atom. The van der Waals surface area contributed by atoms with Gasteiger partial charge in [-0.3, -0.25) is 4.90 Å². The number of para-hydroxylation sites is 1. The third kappa shape index (κ3) is 3.73. The van der Waals surface area contributed by atoms with Crippen LogP contribution >= 0.6 is 0 Å². The van der Waals surface area contributed by atoms with Crippen molar-refractivity contribution >= 4 is 12.0 Å². The average Bonchev–Trinajstić information content (AvgIpc) is 2.86. The molecule has 4 rings (SSSR count). The summed E-state index contributed by atoms with van der Waals surface area (Å²) in [6, 6.07) is 8.29. The van der Waals surface area contributed by atoms with Crippen LogP contribution in [0.1, 0.15) is 37.3 Å². The topological polar surface area (TPSA) is 50.3 Å². The number of nitrogens with zero attached hydrogens (tertiary/aromatic N) is 3. The molecule has 5 nitrogen and oxygen atoms in total. The van der Waals surface area contributed by atoms with Crippen LogP contribution in [0.5, 0.6) is 5.75 Å². The third-order valence-corrected chi connectivity index (χ3v) is 5.17. The van der Waals surface area contributed by atoms with Gasteiger partial charge in [0.15, 0.2) is 0 Å². The van der Waals surface area contributed by atoms with E-state index >= 15 is 0 Å². The van der Waals surface area contributed by atoms with Crippen LogP contribution in [0.15, 0.2) is 42.7 Å². The van der Waals surface area contributed by atoms with E-state index in [1.165, 1.54) is 5.56 Å². The lowest BCUT2D eigenvalue weighted by Gasteiger charge is -2.34. The highest BCUT2D eigenvalue weighted by molar-refractivity contribution is 5.60. The number of hydrogen-bond acceptors (Lipinski definition) is 5. The maximum Gasteiger partial charge on any atom is 0.222 e. The molecule has 1 aromatic carbocycles. The van der Waals surface area contributed by atoms with Gasteiger partial charge in [-0.1, -0.05) is 24.3 Å². The molecule has 136 valence electrons. The number of aromatic nitrogens is 2. The number of rotatable bonds is 4. The Kier molecular flexibility index (Phi) is 4.89. The quantitative estimate of drug-likeness (QED) is 0.910. The molecule has 2 aliphatic rings. The van der Waals surface area contributed by atoms with Crippen LogP contribution in [0.2, 0.25) is 0 Å². The summed E-state index contributed by atoms with van der Waals surface area (Å²) in [4.78, 5) is 11.2. The second kappa shape index (κ2) is 7.46. The fourth-order valence-electron chi connectivity index (χ4n) is 3.76. The molecule has 1 saturated heterocycles. The summed E-state index contributed by atoms with van der Waals surface area (Å²) in [5.41, 5.74) is 2.18. The molecule has 0 bridgehead atoms. The molecule has 1 fully saturated rings. The number of fused-ring (bicyclic) bond motifs is 1. The van der Waals surface area contributed by atoms with E-state index in [2.05, 4.69) is 50.5 Å². The standard InChI is InChI=1S/C21H26N4O/c1-2-22-20-23-14-17(15-24-20)16-25-12-5-9-21(11-13-25)10-8-18-6-3-4-7-19(18)26-21/h3-4,6-8,10,14-15H,2,5,9,11-13,16H2,1H3,(H,22,23,24)/t21-/m1/s1. The van der Waals surface area contributed by atoms with Crippen molar-refractivity contribution in [2.75, 3.05) is 25.0 Å². The summed E-state index contributed by atoms with van der Waals surface area (Å²) >= 11 is 0. The van der Waals surface area contributed by atoms with Gasteiger partial charge in [-0.05, 0) is 38.5 Å². The molecule has 2 aromatic rings. The molecule has 0 aliphatic carbocycles. The van der Waals surface area contributed by atoms with Crippen LogP contribution in [-0.2, 0) is 6.54 Å². The van der Waals surface area contributed by atoms with Crippen molar-refractivity contribution < 1.29 is 4.74 Å². The molecular formula is C21H26N4O. The van der Waals surface area contributed by atoms with Gasteiger partial charge in [0.2, 0.25) is 5.95 Å². The first kappa shape index (κ1) is 17.0. The molecular weight excluding hydrogens is 324 g/mol. The smallest absolute Gasteiger partial charge is 0.222 e. The first-order valence-corrected chi connectivity index (χ1v) is 9.51. The molecule has 5 heteroatoms.